The number of methoxy groups -OCH3 is 1. The van der Waals surface area contributed by atoms with Gasteiger partial charge in [-0.15, -0.1) is 0 Å². The van der Waals surface area contributed by atoms with E-state index in [1.165, 1.54) is 6.07 Å². The first-order valence-electron chi connectivity index (χ1n) is 11.9. The van der Waals surface area contributed by atoms with Crippen LogP contribution in [-0.2, 0) is 0 Å². The van der Waals surface area contributed by atoms with Crippen LogP contribution in [0.15, 0.2) is 18.2 Å². The fraction of sp³-hybridized carbons (Fsp3) is 0.417. The molecular weight excluding hydrogens is 530 g/mol. The number of ether oxygens (including phenoxy) is 1. The lowest BCUT2D eigenvalue weighted by Gasteiger charge is -2.37. The molecule has 9 nitrogen and oxygen atoms in total. The number of nitro benzene ring substituents is 1. The molecule has 14 heteroatoms. The van der Waals surface area contributed by atoms with Crippen molar-refractivity contribution in [3.8, 4) is 5.75 Å². The smallest absolute Gasteiger partial charge is 0.292 e. The number of amides is 1. The maximum atomic E-state index is 14.3. The molecule has 0 aliphatic carbocycles. The fourth-order valence-corrected chi connectivity index (χ4v) is 4.92. The van der Waals surface area contributed by atoms with Gasteiger partial charge in [-0.25, -0.2) is 8.78 Å². The minimum Gasteiger partial charge on any atom is -0.491 e. The maximum absolute atomic E-state index is 14.3. The van der Waals surface area contributed by atoms with Crippen LogP contribution in [0.4, 0.5) is 34.6 Å². The highest BCUT2D eigenvalue weighted by molar-refractivity contribution is 7.80. The second kappa shape index (κ2) is 11.4. The van der Waals surface area contributed by atoms with Crippen LogP contribution < -0.4 is 19.9 Å². The first kappa shape index (κ1) is 27.4. The van der Waals surface area contributed by atoms with Crippen LogP contribution in [0.1, 0.15) is 29.6 Å². The standard InChI is InChI=1S/C24H25F4N5O4S/c1-37-22-20(27)18(25)17(19(26)21(22)28)23(34)29-24(38)32-11-9-30(10-12-32)14-5-6-15(33(35)36)16(13-14)31-7-3-2-4-8-31/h5-6,13H,2-4,7-12H2,1H3,(H,29,34,38). The van der Waals surface area contributed by atoms with Crippen molar-refractivity contribution in [1.29, 1.82) is 0 Å². The van der Waals surface area contributed by atoms with Crippen LogP contribution in [0.5, 0.6) is 5.75 Å². The number of rotatable bonds is 5. The summed E-state index contributed by atoms with van der Waals surface area (Å²) in [6, 6.07) is 4.98. The molecule has 0 unspecified atom stereocenters. The first-order chi connectivity index (χ1) is 18.1. The number of hydrogen-bond donors (Lipinski definition) is 1. The van der Waals surface area contributed by atoms with Crippen molar-refractivity contribution in [3.63, 3.8) is 0 Å². The first-order valence-corrected chi connectivity index (χ1v) is 12.3. The SMILES string of the molecule is COc1c(F)c(F)c(C(=O)NC(=S)N2CCN(c3ccc([N+](=O)[O-])c(N4CCCCC4)c3)CC2)c(F)c1F. The van der Waals surface area contributed by atoms with Gasteiger partial charge in [-0.3, -0.25) is 20.2 Å². The molecule has 1 amide bonds. The summed E-state index contributed by atoms with van der Waals surface area (Å²) < 4.78 is 60.9. The molecule has 204 valence electrons. The number of hydrogen-bond acceptors (Lipinski definition) is 7. The molecule has 2 fully saturated rings. The Morgan fingerprint density at radius 1 is 0.947 bits per heavy atom. The summed E-state index contributed by atoms with van der Waals surface area (Å²) in [5.74, 6) is -10.2. The fourth-order valence-electron chi connectivity index (χ4n) is 4.65. The Morgan fingerprint density at radius 2 is 1.55 bits per heavy atom. The van der Waals surface area contributed by atoms with E-state index in [0.717, 1.165) is 45.1 Å². The third kappa shape index (κ3) is 5.30. The van der Waals surface area contributed by atoms with Crippen molar-refractivity contribution < 1.29 is 32.0 Å². The Bertz CT molecular complexity index is 1240. The van der Waals surface area contributed by atoms with Gasteiger partial charge in [0.1, 0.15) is 11.3 Å². The molecule has 1 N–H and O–H groups in total. The minimum absolute atomic E-state index is 0.0454. The van der Waals surface area contributed by atoms with Crippen molar-refractivity contribution >= 4 is 40.3 Å². The molecule has 0 radical (unpaired) electrons. The van der Waals surface area contributed by atoms with Gasteiger partial charge in [-0.05, 0) is 43.6 Å². The van der Waals surface area contributed by atoms with Crippen molar-refractivity contribution in [2.45, 2.75) is 19.3 Å². The summed E-state index contributed by atoms with van der Waals surface area (Å²) in [7, 11) is 0.833. The van der Waals surface area contributed by atoms with Crippen molar-refractivity contribution in [3.05, 3.63) is 57.1 Å². The molecule has 2 aliphatic heterocycles. The average molecular weight is 556 g/mol. The lowest BCUT2D eigenvalue weighted by Crippen LogP contribution is -2.53. The third-order valence-corrected chi connectivity index (χ3v) is 7.02. The normalized spacial score (nSPS) is 15.9. The highest BCUT2D eigenvalue weighted by Gasteiger charge is 2.31. The van der Waals surface area contributed by atoms with Gasteiger partial charge >= 0.3 is 0 Å². The van der Waals surface area contributed by atoms with E-state index in [2.05, 4.69) is 10.1 Å². The summed E-state index contributed by atoms with van der Waals surface area (Å²) in [4.78, 5) is 29.3. The monoisotopic (exact) mass is 555 g/mol. The van der Waals surface area contributed by atoms with Crippen LogP contribution >= 0.6 is 12.2 Å². The lowest BCUT2D eigenvalue weighted by molar-refractivity contribution is -0.384. The van der Waals surface area contributed by atoms with E-state index in [4.69, 9.17) is 12.2 Å². The van der Waals surface area contributed by atoms with E-state index in [0.29, 0.717) is 31.9 Å². The Hall–Kier alpha value is -3.68. The molecule has 4 rings (SSSR count). The molecule has 0 saturated carbocycles. The number of nitrogens with zero attached hydrogens (tertiary/aromatic N) is 4. The highest BCUT2D eigenvalue weighted by atomic mass is 32.1. The average Bonchev–Trinajstić information content (AvgIpc) is 2.92. The predicted molar refractivity (Wildman–Crippen MR) is 136 cm³/mol. The summed E-state index contributed by atoms with van der Waals surface area (Å²) in [6.07, 6.45) is 3.02. The van der Waals surface area contributed by atoms with Gasteiger partial charge in [-0.1, -0.05) is 0 Å². The Labute approximate surface area is 221 Å². The van der Waals surface area contributed by atoms with Crippen LogP contribution in [-0.4, -0.2) is 67.2 Å². The van der Waals surface area contributed by atoms with Crippen LogP contribution in [0.25, 0.3) is 0 Å². The number of piperidine rings is 1. The summed E-state index contributed by atoms with van der Waals surface area (Å²) in [5.41, 5.74) is -0.0403. The zero-order chi connectivity index (χ0) is 27.6. The largest absolute Gasteiger partial charge is 0.491 e. The quantitative estimate of drug-likeness (QED) is 0.195. The van der Waals surface area contributed by atoms with Crippen molar-refractivity contribution in [2.75, 3.05) is 56.2 Å². The van der Waals surface area contributed by atoms with Gasteiger partial charge in [0.25, 0.3) is 11.6 Å². The molecule has 2 heterocycles. The van der Waals surface area contributed by atoms with Gasteiger partial charge in [-0.2, -0.15) is 8.78 Å². The van der Waals surface area contributed by atoms with Gasteiger partial charge < -0.3 is 19.4 Å². The summed E-state index contributed by atoms with van der Waals surface area (Å²) in [5, 5.41) is 13.6. The van der Waals surface area contributed by atoms with E-state index in [1.807, 2.05) is 9.80 Å². The lowest BCUT2D eigenvalue weighted by atomic mass is 10.1. The predicted octanol–water partition coefficient (Wildman–Crippen LogP) is 3.99. The number of carbonyl (C=O) groups excluding carboxylic acids is 1. The highest BCUT2D eigenvalue weighted by Crippen LogP contribution is 2.35. The molecule has 2 aromatic carbocycles. The second-order valence-electron chi connectivity index (χ2n) is 8.88. The topological polar surface area (TPSA) is 91.2 Å². The molecule has 0 atom stereocenters. The molecule has 0 spiro atoms. The van der Waals surface area contributed by atoms with Crippen LogP contribution in [0.3, 0.4) is 0 Å². The second-order valence-corrected chi connectivity index (χ2v) is 9.26. The number of anilines is 2. The maximum Gasteiger partial charge on any atom is 0.292 e. The van der Waals surface area contributed by atoms with Crippen LogP contribution in [0.2, 0.25) is 0 Å². The number of nitrogens with one attached hydrogen (secondary N) is 1. The number of nitro groups is 1. The van der Waals surface area contributed by atoms with E-state index >= 15 is 0 Å². The van der Waals surface area contributed by atoms with Gasteiger partial charge in [0, 0.05) is 51.0 Å². The Kier molecular flexibility index (Phi) is 8.19. The number of halogens is 4. The van der Waals surface area contributed by atoms with E-state index in [1.54, 1.807) is 17.0 Å². The Morgan fingerprint density at radius 3 is 2.11 bits per heavy atom. The number of thiocarbonyl (C=S) groups is 1. The number of piperazine rings is 1. The zero-order valence-corrected chi connectivity index (χ0v) is 21.3. The van der Waals surface area contributed by atoms with Crippen molar-refractivity contribution in [1.82, 2.24) is 10.2 Å². The molecule has 0 bridgehead atoms. The molecule has 2 saturated heterocycles. The number of carbonyl (C=O) groups is 1. The minimum atomic E-state index is -1.89. The zero-order valence-electron chi connectivity index (χ0n) is 20.4. The Balaban J connectivity index is 1.43. The van der Waals surface area contributed by atoms with E-state index < -0.39 is 40.5 Å². The van der Waals surface area contributed by atoms with Crippen LogP contribution in [0, 0.1) is 33.4 Å². The van der Waals surface area contributed by atoms with E-state index in [9.17, 15) is 32.5 Å². The molecule has 0 aromatic heterocycles. The molecular formula is C24H25F4N5O4S. The van der Waals surface area contributed by atoms with Gasteiger partial charge in [0.05, 0.1) is 12.0 Å². The van der Waals surface area contributed by atoms with E-state index in [-0.39, 0.29) is 15.7 Å². The van der Waals surface area contributed by atoms with Gasteiger partial charge in [0.2, 0.25) is 11.6 Å². The summed E-state index contributed by atoms with van der Waals surface area (Å²) in [6.45, 7) is 2.98. The summed E-state index contributed by atoms with van der Waals surface area (Å²) >= 11 is 5.20. The number of benzene rings is 2. The van der Waals surface area contributed by atoms with Crippen molar-refractivity contribution in [2.24, 2.45) is 0 Å². The molecule has 38 heavy (non-hydrogen) atoms. The third-order valence-electron chi connectivity index (χ3n) is 6.66. The van der Waals surface area contributed by atoms with Gasteiger partial charge in [0.15, 0.2) is 22.5 Å². The molecule has 2 aromatic rings. The molecule has 2 aliphatic rings.